The first-order chi connectivity index (χ1) is 32.1. The summed E-state index contributed by atoms with van der Waals surface area (Å²) in [5, 5.41) is 11.8. The van der Waals surface area contributed by atoms with E-state index in [1.54, 1.807) is 0 Å². The van der Waals surface area contributed by atoms with Crippen LogP contribution in [0.25, 0.3) is 0 Å². The number of aliphatic carboxylic acids is 1. The maximum Gasteiger partial charge on any atom is 0.306 e. The molecule has 66 heavy (non-hydrogen) atoms. The summed E-state index contributed by atoms with van der Waals surface area (Å²) in [5.74, 6) is -2.27. The fourth-order valence-corrected chi connectivity index (χ4v) is 8.10. The van der Waals surface area contributed by atoms with Crippen molar-refractivity contribution in [3.05, 3.63) is 24.3 Å². The van der Waals surface area contributed by atoms with Gasteiger partial charge in [0.05, 0.1) is 40.3 Å². The van der Waals surface area contributed by atoms with E-state index in [9.17, 15) is 19.5 Å². The van der Waals surface area contributed by atoms with Gasteiger partial charge in [0.25, 0.3) is 0 Å². The lowest BCUT2D eigenvalue weighted by Crippen LogP contribution is -2.44. The number of carbonyl (C=O) groups excluding carboxylic acids is 3. The summed E-state index contributed by atoms with van der Waals surface area (Å²) in [6.07, 6.45) is 53.6. The summed E-state index contributed by atoms with van der Waals surface area (Å²) in [6.45, 7) is 4.78. The molecule has 0 amide bonds. The molecule has 9 heteroatoms. The zero-order chi connectivity index (χ0) is 48.4. The van der Waals surface area contributed by atoms with E-state index in [1.165, 1.54) is 193 Å². The highest BCUT2D eigenvalue weighted by molar-refractivity contribution is 5.70. The van der Waals surface area contributed by atoms with Crippen LogP contribution in [-0.2, 0) is 33.3 Å². The molecule has 0 aromatic rings. The van der Waals surface area contributed by atoms with Gasteiger partial charge in [0.2, 0.25) is 0 Å². The van der Waals surface area contributed by atoms with Crippen LogP contribution in [-0.4, -0.2) is 82.3 Å². The summed E-state index contributed by atoms with van der Waals surface area (Å²) in [5.41, 5.74) is 0. The SMILES string of the molecule is CCCCCCC/C=C\C/C=C\CCCCCCCCCCCCCCCC(=O)OC(COC(=O)CCCCCCCCCCCCCCCCCC)COC(OCC[N+](C)(C)C)C(=O)[O-]. The molecule has 0 aliphatic carbocycles. The Bertz CT molecular complexity index is 1130. The van der Waals surface area contributed by atoms with Gasteiger partial charge in [0, 0.05) is 12.8 Å². The van der Waals surface area contributed by atoms with Crippen molar-refractivity contribution in [2.24, 2.45) is 0 Å². The third-order valence-corrected chi connectivity index (χ3v) is 12.5. The maximum absolute atomic E-state index is 12.8. The van der Waals surface area contributed by atoms with Crippen molar-refractivity contribution in [3.63, 3.8) is 0 Å². The highest BCUT2D eigenvalue weighted by Crippen LogP contribution is 2.17. The highest BCUT2D eigenvalue weighted by atomic mass is 16.7. The molecule has 0 aliphatic heterocycles. The quantitative estimate of drug-likeness (QED) is 0.0195. The van der Waals surface area contributed by atoms with Crippen LogP contribution in [0.4, 0.5) is 0 Å². The van der Waals surface area contributed by atoms with E-state index in [-0.39, 0.29) is 32.2 Å². The van der Waals surface area contributed by atoms with Crippen molar-refractivity contribution >= 4 is 17.9 Å². The number of nitrogens with zero attached hydrogens (tertiary/aromatic N) is 1. The Balaban J connectivity index is 4.22. The molecule has 0 saturated carbocycles. The van der Waals surface area contributed by atoms with Crippen LogP contribution in [0.2, 0.25) is 0 Å². The number of likely N-dealkylation sites (N-methyl/N-ethyl adjacent to an activating group) is 1. The number of ether oxygens (including phenoxy) is 4. The molecular weight excluding hydrogens is 827 g/mol. The summed E-state index contributed by atoms with van der Waals surface area (Å²) < 4.78 is 22.7. The van der Waals surface area contributed by atoms with Crippen LogP contribution in [0.15, 0.2) is 24.3 Å². The molecule has 0 N–H and O–H groups in total. The first-order valence-electron chi connectivity index (χ1n) is 28.0. The number of hydrogen-bond acceptors (Lipinski definition) is 8. The van der Waals surface area contributed by atoms with Crippen LogP contribution in [0.3, 0.4) is 0 Å². The minimum Gasteiger partial charge on any atom is -0.545 e. The lowest BCUT2D eigenvalue weighted by atomic mass is 10.0. The van der Waals surface area contributed by atoms with E-state index in [1.807, 2.05) is 21.1 Å². The molecule has 0 aromatic heterocycles. The number of rotatable bonds is 52. The Labute approximate surface area is 407 Å². The molecule has 0 bridgehead atoms. The van der Waals surface area contributed by atoms with Crippen molar-refractivity contribution < 1.29 is 42.9 Å². The molecule has 0 heterocycles. The Morgan fingerprint density at radius 1 is 0.455 bits per heavy atom. The summed E-state index contributed by atoms with van der Waals surface area (Å²) in [6, 6.07) is 0. The van der Waals surface area contributed by atoms with Gasteiger partial charge in [-0.05, 0) is 44.9 Å². The second-order valence-corrected chi connectivity index (χ2v) is 20.2. The van der Waals surface area contributed by atoms with Crippen molar-refractivity contribution in [2.45, 2.75) is 277 Å². The van der Waals surface area contributed by atoms with Gasteiger partial charge in [-0.15, -0.1) is 0 Å². The van der Waals surface area contributed by atoms with E-state index >= 15 is 0 Å². The topological polar surface area (TPSA) is 111 Å². The van der Waals surface area contributed by atoms with Crippen molar-refractivity contribution in [1.82, 2.24) is 0 Å². The lowest BCUT2D eigenvalue weighted by Gasteiger charge is -2.26. The van der Waals surface area contributed by atoms with Crippen LogP contribution < -0.4 is 5.11 Å². The number of unbranched alkanes of at least 4 members (excludes halogenated alkanes) is 33. The third-order valence-electron chi connectivity index (χ3n) is 12.5. The summed E-state index contributed by atoms with van der Waals surface area (Å²) in [4.78, 5) is 37.2. The van der Waals surface area contributed by atoms with Crippen molar-refractivity contribution in [1.29, 1.82) is 0 Å². The normalized spacial score (nSPS) is 12.9. The number of hydrogen-bond donors (Lipinski definition) is 0. The monoisotopic (exact) mass is 934 g/mol. The zero-order valence-electron chi connectivity index (χ0n) is 44.1. The fraction of sp³-hybridized carbons (Fsp3) is 0.877. The molecule has 0 rings (SSSR count). The maximum atomic E-state index is 12.8. The summed E-state index contributed by atoms with van der Waals surface area (Å²) in [7, 11) is 5.93. The summed E-state index contributed by atoms with van der Waals surface area (Å²) >= 11 is 0. The average molecular weight is 934 g/mol. The van der Waals surface area contributed by atoms with Crippen LogP contribution in [0.1, 0.15) is 264 Å². The van der Waals surface area contributed by atoms with Crippen molar-refractivity contribution in [3.8, 4) is 0 Å². The minimum atomic E-state index is -1.62. The van der Waals surface area contributed by atoms with Crippen molar-refractivity contribution in [2.75, 3.05) is 47.5 Å². The predicted molar refractivity (Wildman–Crippen MR) is 274 cm³/mol. The molecule has 0 aliphatic rings. The van der Waals surface area contributed by atoms with Gasteiger partial charge in [-0.25, -0.2) is 0 Å². The Morgan fingerprint density at radius 3 is 1.20 bits per heavy atom. The number of carboxylic acid groups (broad SMARTS) is 1. The second-order valence-electron chi connectivity index (χ2n) is 20.2. The van der Waals surface area contributed by atoms with Crippen LogP contribution in [0.5, 0.6) is 0 Å². The van der Waals surface area contributed by atoms with Crippen LogP contribution in [0, 0.1) is 0 Å². The first-order valence-corrected chi connectivity index (χ1v) is 28.0. The molecule has 9 nitrogen and oxygen atoms in total. The predicted octanol–water partition coefficient (Wildman–Crippen LogP) is 14.6. The van der Waals surface area contributed by atoms with E-state index in [4.69, 9.17) is 18.9 Å². The van der Waals surface area contributed by atoms with Gasteiger partial charge >= 0.3 is 11.9 Å². The van der Waals surface area contributed by atoms with E-state index < -0.39 is 24.3 Å². The minimum absolute atomic E-state index is 0.150. The van der Waals surface area contributed by atoms with E-state index in [0.29, 0.717) is 23.9 Å². The second kappa shape index (κ2) is 49.2. The fourth-order valence-electron chi connectivity index (χ4n) is 8.10. The zero-order valence-corrected chi connectivity index (χ0v) is 44.1. The number of esters is 2. The molecule has 0 radical (unpaired) electrons. The molecule has 0 spiro atoms. The first kappa shape index (κ1) is 63.8. The number of carboxylic acids is 1. The third kappa shape index (κ3) is 49.7. The van der Waals surface area contributed by atoms with Gasteiger partial charge < -0.3 is 33.3 Å². The van der Waals surface area contributed by atoms with E-state index in [0.717, 1.165) is 38.5 Å². The Morgan fingerprint density at radius 2 is 0.818 bits per heavy atom. The molecule has 2 unspecified atom stereocenters. The number of allylic oxidation sites excluding steroid dienone is 4. The highest BCUT2D eigenvalue weighted by Gasteiger charge is 2.22. The smallest absolute Gasteiger partial charge is 0.306 e. The molecule has 0 aromatic carbocycles. The molecule has 0 saturated heterocycles. The average Bonchev–Trinajstić information content (AvgIpc) is 3.28. The standard InChI is InChI=1S/C57H107NO8/c1-6-8-10-12-14-16-18-20-22-24-25-26-27-28-29-30-31-32-34-36-38-40-42-44-46-48-55(60)66-53(52-65-57(56(61)62)63-50-49-58(3,4)5)51-64-54(59)47-45-43-41-39-37-35-33-23-21-19-17-15-13-11-9-7-2/h18,20,24-25,53,57H,6-17,19,21-23,26-52H2,1-5H3/b20-18-,25-24-. The molecular formula is C57H107NO8. The van der Waals surface area contributed by atoms with Gasteiger partial charge in [-0.2, -0.15) is 0 Å². The Kier molecular flexibility index (Phi) is 47.5. The van der Waals surface area contributed by atoms with Crippen LogP contribution >= 0.6 is 0 Å². The molecule has 388 valence electrons. The Hall–Kier alpha value is -2.23. The van der Waals surface area contributed by atoms with E-state index in [2.05, 4.69) is 38.2 Å². The molecule has 2 atom stereocenters. The van der Waals surface area contributed by atoms with Gasteiger partial charge in [0.1, 0.15) is 13.2 Å². The molecule has 0 fully saturated rings. The van der Waals surface area contributed by atoms with Gasteiger partial charge in [0.15, 0.2) is 12.4 Å². The van der Waals surface area contributed by atoms with Gasteiger partial charge in [-0.3, -0.25) is 9.59 Å². The lowest BCUT2D eigenvalue weighted by molar-refractivity contribution is -0.870. The number of carbonyl (C=O) groups is 3. The number of quaternary nitrogens is 1. The van der Waals surface area contributed by atoms with Gasteiger partial charge in [-0.1, -0.05) is 231 Å². The largest absolute Gasteiger partial charge is 0.545 e.